The van der Waals surface area contributed by atoms with Gasteiger partial charge in [-0.3, -0.25) is 9.59 Å². The SMILES string of the molecule is CC(=O)Oc1cc2c(C(=O)c3ccccc3)c(C)oc2c2ccccc12. The van der Waals surface area contributed by atoms with Crippen LogP contribution in [-0.2, 0) is 4.79 Å². The first-order chi connectivity index (χ1) is 12.6. The van der Waals surface area contributed by atoms with E-state index in [0.717, 1.165) is 10.8 Å². The van der Waals surface area contributed by atoms with Gasteiger partial charge in [-0.15, -0.1) is 0 Å². The van der Waals surface area contributed by atoms with Crippen LogP contribution in [0.15, 0.2) is 65.1 Å². The zero-order valence-electron chi connectivity index (χ0n) is 14.4. The quantitative estimate of drug-likeness (QED) is 0.296. The summed E-state index contributed by atoms with van der Waals surface area (Å²) in [5, 5.41) is 2.21. The van der Waals surface area contributed by atoms with Gasteiger partial charge in [-0.1, -0.05) is 54.6 Å². The molecule has 0 spiro atoms. The standard InChI is InChI=1S/C22H16O4/c1-13-20(21(24)15-8-4-3-5-9-15)18-12-19(26-14(2)23)16-10-6-7-11-17(16)22(18)25-13/h3-12H,1-2H3. The number of rotatable bonds is 3. The van der Waals surface area contributed by atoms with E-state index in [2.05, 4.69) is 0 Å². The molecule has 0 saturated heterocycles. The van der Waals surface area contributed by atoms with Gasteiger partial charge in [0, 0.05) is 28.6 Å². The average Bonchev–Trinajstić information content (AvgIpc) is 2.97. The molecule has 4 aromatic rings. The fourth-order valence-corrected chi connectivity index (χ4v) is 3.26. The summed E-state index contributed by atoms with van der Waals surface area (Å²) in [6.07, 6.45) is 0. The number of ketones is 1. The van der Waals surface area contributed by atoms with Crippen molar-refractivity contribution >= 4 is 33.5 Å². The van der Waals surface area contributed by atoms with Crippen molar-refractivity contribution in [1.82, 2.24) is 0 Å². The van der Waals surface area contributed by atoms with Gasteiger partial charge in [0.1, 0.15) is 17.1 Å². The maximum absolute atomic E-state index is 13.0. The average molecular weight is 344 g/mol. The Morgan fingerprint density at radius 1 is 0.885 bits per heavy atom. The van der Waals surface area contributed by atoms with Gasteiger partial charge in [0.25, 0.3) is 0 Å². The minimum Gasteiger partial charge on any atom is -0.460 e. The van der Waals surface area contributed by atoms with Crippen molar-refractivity contribution in [2.24, 2.45) is 0 Å². The van der Waals surface area contributed by atoms with Crippen LogP contribution < -0.4 is 4.74 Å². The van der Waals surface area contributed by atoms with Crippen LogP contribution in [-0.4, -0.2) is 11.8 Å². The van der Waals surface area contributed by atoms with Crippen LogP contribution in [0.2, 0.25) is 0 Å². The maximum atomic E-state index is 13.0. The molecular weight excluding hydrogens is 328 g/mol. The van der Waals surface area contributed by atoms with Crippen LogP contribution >= 0.6 is 0 Å². The highest BCUT2D eigenvalue weighted by atomic mass is 16.5. The summed E-state index contributed by atoms with van der Waals surface area (Å²) in [5.41, 5.74) is 1.69. The number of esters is 1. The van der Waals surface area contributed by atoms with Crippen LogP contribution in [0, 0.1) is 6.92 Å². The molecule has 128 valence electrons. The van der Waals surface area contributed by atoms with Crippen LogP contribution in [0.25, 0.3) is 21.7 Å². The van der Waals surface area contributed by atoms with Gasteiger partial charge < -0.3 is 9.15 Å². The van der Waals surface area contributed by atoms with Gasteiger partial charge in [0.05, 0.1) is 5.56 Å². The molecule has 0 atom stereocenters. The number of fused-ring (bicyclic) bond motifs is 3. The molecule has 0 bridgehead atoms. The molecule has 1 aromatic heterocycles. The summed E-state index contributed by atoms with van der Waals surface area (Å²) in [6.45, 7) is 3.13. The number of benzene rings is 3. The van der Waals surface area contributed by atoms with Crippen LogP contribution in [0.1, 0.15) is 28.6 Å². The molecule has 0 radical (unpaired) electrons. The third-order valence-corrected chi connectivity index (χ3v) is 4.35. The Hall–Kier alpha value is -3.40. The van der Waals surface area contributed by atoms with Crippen LogP contribution in [0.3, 0.4) is 0 Å². The highest BCUT2D eigenvalue weighted by molar-refractivity contribution is 6.21. The molecule has 0 fully saturated rings. The second kappa shape index (κ2) is 6.15. The van der Waals surface area contributed by atoms with Crippen molar-refractivity contribution in [3.05, 3.63) is 77.6 Å². The third-order valence-electron chi connectivity index (χ3n) is 4.35. The Kier molecular flexibility index (Phi) is 3.81. The first-order valence-corrected chi connectivity index (χ1v) is 8.29. The molecule has 0 aliphatic rings. The summed E-state index contributed by atoms with van der Waals surface area (Å²) < 4.78 is 11.3. The summed E-state index contributed by atoms with van der Waals surface area (Å²) in [7, 11) is 0. The highest BCUT2D eigenvalue weighted by Crippen LogP contribution is 2.38. The normalized spacial score (nSPS) is 11.0. The molecule has 0 saturated carbocycles. The minimum absolute atomic E-state index is 0.120. The molecule has 0 N–H and O–H groups in total. The fourth-order valence-electron chi connectivity index (χ4n) is 3.26. The second-order valence-electron chi connectivity index (χ2n) is 6.12. The number of furan rings is 1. The molecule has 4 rings (SSSR count). The van der Waals surface area contributed by atoms with Gasteiger partial charge in [0.15, 0.2) is 5.78 Å². The lowest BCUT2D eigenvalue weighted by Crippen LogP contribution is -2.03. The van der Waals surface area contributed by atoms with Gasteiger partial charge in [-0.25, -0.2) is 0 Å². The molecular formula is C22H16O4. The van der Waals surface area contributed by atoms with E-state index in [0.29, 0.717) is 33.6 Å². The zero-order chi connectivity index (χ0) is 18.3. The summed E-state index contributed by atoms with van der Waals surface area (Å²) >= 11 is 0. The molecule has 26 heavy (non-hydrogen) atoms. The minimum atomic E-state index is -0.411. The van der Waals surface area contributed by atoms with Crippen LogP contribution in [0.4, 0.5) is 0 Å². The van der Waals surface area contributed by atoms with Crippen molar-refractivity contribution < 1.29 is 18.7 Å². The fraction of sp³-hybridized carbons (Fsp3) is 0.0909. The van der Waals surface area contributed by atoms with Gasteiger partial charge in [-0.2, -0.15) is 0 Å². The molecule has 4 nitrogen and oxygen atoms in total. The molecule has 0 amide bonds. The summed E-state index contributed by atoms with van der Waals surface area (Å²) in [4.78, 5) is 24.6. The van der Waals surface area contributed by atoms with Gasteiger partial charge in [-0.05, 0) is 13.0 Å². The smallest absolute Gasteiger partial charge is 0.308 e. The Labute approximate surface area is 150 Å². The number of aryl methyl sites for hydroxylation is 1. The molecule has 0 unspecified atom stereocenters. The molecule has 4 heteroatoms. The van der Waals surface area contributed by atoms with Crippen LogP contribution in [0.5, 0.6) is 5.75 Å². The summed E-state index contributed by atoms with van der Waals surface area (Å²) in [5.74, 6) is 0.430. The Balaban J connectivity index is 2.03. The lowest BCUT2D eigenvalue weighted by molar-refractivity contribution is -0.131. The number of hydrogen-bond donors (Lipinski definition) is 0. The number of ether oxygens (including phenoxy) is 1. The Morgan fingerprint density at radius 2 is 1.54 bits per heavy atom. The van der Waals surface area contributed by atoms with E-state index in [1.54, 1.807) is 25.1 Å². The van der Waals surface area contributed by atoms with E-state index < -0.39 is 5.97 Å². The number of carbonyl (C=O) groups is 2. The van der Waals surface area contributed by atoms with Crippen molar-refractivity contribution in [1.29, 1.82) is 0 Å². The largest absolute Gasteiger partial charge is 0.460 e. The van der Waals surface area contributed by atoms with E-state index >= 15 is 0 Å². The van der Waals surface area contributed by atoms with Crippen molar-refractivity contribution in [3.63, 3.8) is 0 Å². The monoisotopic (exact) mass is 344 g/mol. The zero-order valence-corrected chi connectivity index (χ0v) is 14.4. The molecule has 0 aliphatic heterocycles. The predicted octanol–water partition coefficient (Wildman–Crippen LogP) is 5.05. The topological polar surface area (TPSA) is 56.5 Å². The molecule has 1 heterocycles. The van der Waals surface area contributed by atoms with Gasteiger partial charge >= 0.3 is 5.97 Å². The predicted molar refractivity (Wildman–Crippen MR) is 99.6 cm³/mol. The summed E-state index contributed by atoms with van der Waals surface area (Å²) in [6, 6.07) is 18.3. The molecule has 3 aromatic carbocycles. The first kappa shape index (κ1) is 16.1. The Bertz CT molecular complexity index is 1150. The first-order valence-electron chi connectivity index (χ1n) is 8.29. The number of carbonyl (C=O) groups excluding carboxylic acids is 2. The van der Waals surface area contributed by atoms with Crippen molar-refractivity contribution in [3.8, 4) is 5.75 Å². The van der Waals surface area contributed by atoms with Crippen molar-refractivity contribution in [2.45, 2.75) is 13.8 Å². The third kappa shape index (κ3) is 2.56. The lowest BCUT2D eigenvalue weighted by Gasteiger charge is -2.07. The van der Waals surface area contributed by atoms with E-state index in [1.807, 2.05) is 42.5 Å². The van der Waals surface area contributed by atoms with Crippen molar-refractivity contribution in [2.75, 3.05) is 0 Å². The van der Waals surface area contributed by atoms with Gasteiger partial charge in [0.2, 0.25) is 0 Å². The van der Waals surface area contributed by atoms with E-state index in [9.17, 15) is 9.59 Å². The Morgan fingerprint density at radius 3 is 2.23 bits per heavy atom. The molecule has 0 aliphatic carbocycles. The van der Waals surface area contributed by atoms with E-state index in [1.165, 1.54) is 6.92 Å². The second-order valence-corrected chi connectivity index (χ2v) is 6.12. The van der Waals surface area contributed by atoms with E-state index in [-0.39, 0.29) is 5.78 Å². The highest BCUT2D eigenvalue weighted by Gasteiger charge is 2.22. The van der Waals surface area contributed by atoms with E-state index in [4.69, 9.17) is 9.15 Å². The maximum Gasteiger partial charge on any atom is 0.308 e. The number of hydrogen-bond acceptors (Lipinski definition) is 4. The lowest BCUT2D eigenvalue weighted by atomic mass is 9.98.